The van der Waals surface area contributed by atoms with Crippen LogP contribution in [0.4, 0.5) is 11.5 Å². The second-order valence-corrected chi connectivity index (χ2v) is 9.53. The van der Waals surface area contributed by atoms with Crippen molar-refractivity contribution in [3.63, 3.8) is 0 Å². The van der Waals surface area contributed by atoms with Crippen LogP contribution in [0.3, 0.4) is 0 Å². The third-order valence-electron chi connectivity index (χ3n) is 5.60. The molecular formula is C27H35N5O3. The van der Waals surface area contributed by atoms with Gasteiger partial charge in [0.2, 0.25) is 5.91 Å². The zero-order valence-electron chi connectivity index (χ0n) is 20.8. The van der Waals surface area contributed by atoms with E-state index in [0.717, 1.165) is 11.1 Å². The molecule has 0 bridgehead atoms. The number of anilines is 2. The zero-order chi connectivity index (χ0) is 25.5. The molecule has 2 aromatic carbocycles. The predicted molar refractivity (Wildman–Crippen MR) is 140 cm³/mol. The van der Waals surface area contributed by atoms with Crippen LogP contribution < -0.4 is 27.2 Å². The summed E-state index contributed by atoms with van der Waals surface area (Å²) in [5.74, 6) is -0.101. The van der Waals surface area contributed by atoms with Crippen molar-refractivity contribution in [1.82, 2.24) is 14.9 Å². The Morgan fingerprint density at radius 2 is 1.49 bits per heavy atom. The maximum Gasteiger partial charge on any atom is 0.330 e. The van der Waals surface area contributed by atoms with E-state index in [2.05, 4.69) is 10.3 Å². The smallest absolute Gasteiger partial charge is 0.330 e. The summed E-state index contributed by atoms with van der Waals surface area (Å²) in [5.41, 5.74) is 7.13. The Kier molecular flexibility index (Phi) is 8.65. The molecule has 35 heavy (non-hydrogen) atoms. The number of aromatic amines is 1. The fraction of sp³-hybridized carbons (Fsp3) is 0.370. The molecule has 0 atom stereocenters. The number of carbonyl (C=O) groups excluding carboxylic acids is 1. The lowest BCUT2D eigenvalue weighted by Gasteiger charge is -2.28. The molecule has 0 aliphatic heterocycles. The first-order valence-electron chi connectivity index (χ1n) is 11.9. The van der Waals surface area contributed by atoms with Crippen LogP contribution in [0.15, 0.2) is 70.3 Å². The van der Waals surface area contributed by atoms with E-state index < -0.39 is 11.2 Å². The number of amides is 1. The fourth-order valence-corrected chi connectivity index (χ4v) is 4.07. The van der Waals surface area contributed by atoms with Gasteiger partial charge in [-0.3, -0.25) is 24.5 Å². The van der Waals surface area contributed by atoms with Crippen molar-refractivity contribution < 1.29 is 4.79 Å². The summed E-state index contributed by atoms with van der Waals surface area (Å²) >= 11 is 0. The third kappa shape index (κ3) is 6.48. The molecule has 0 aliphatic rings. The maximum absolute atomic E-state index is 13.5. The quantitative estimate of drug-likeness (QED) is 0.415. The minimum Gasteiger partial charge on any atom is -0.383 e. The van der Waals surface area contributed by atoms with Crippen molar-refractivity contribution in [2.24, 2.45) is 11.8 Å². The minimum absolute atomic E-state index is 0.00381. The Morgan fingerprint density at radius 1 is 0.943 bits per heavy atom. The number of carbonyl (C=O) groups is 1. The van der Waals surface area contributed by atoms with Crippen molar-refractivity contribution in [2.75, 3.05) is 23.7 Å². The molecule has 8 nitrogen and oxygen atoms in total. The van der Waals surface area contributed by atoms with Gasteiger partial charge in [0.05, 0.1) is 12.6 Å². The molecule has 0 spiro atoms. The summed E-state index contributed by atoms with van der Waals surface area (Å²) in [5, 5.41) is 3.36. The van der Waals surface area contributed by atoms with Gasteiger partial charge in [0.1, 0.15) is 5.82 Å². The molecule has 0 radical (unpaired) electrons. The largest absolute Gasteiger partial charge is 0.383 e. The second kappa shape index (κ2) is 11.7. The average molecular weight is 478 g/mol. The number of rotatable bonds is 10. The standard InChI is InChI=1S/C27H35N5O3/c1-18(2)16-31(24-25(28)32(17-19(3)4)27(35)30-26(24)34)22(33)15-29-23(20-11-7-5-8-12-20)21-13-9-6-10-14-21/h5-14,18-19,23,29H,15-17,28H2,1-4H3,(H,30,34,35). The summed E-state index contributed by atoms with van der Waals surface area (Å²) < 4.78 is 1.33. The zero-order valence-corrected chi connectivity index (χ0v) is 20.8. The number of hydrogen-bond donors (Lipinski definition) is 3. The van der Waals surface area contributed by atoms with E-state index in [4.69, 9.17) is 5.73 Å². The van der Waals surface area contributed by atoms with E-state index in [1.165, 1.54) is 9.47 Å². The molecule has 186 valence electrons. The lowest BCUT2D eigenvalue weighted by Crippen LogP contribution is -2.46. The third-order valence-corrected chi connectivity index (χ3v) is 5.60. The fourth-order valence-electron chi connectivity index (χ4n) is 4.07. The molecule has 1 heterocycles. The van der Waals surface area contributed by atoms with Crippen molar-refractivity contribution in [3.05, 3.63) is 92.6 Å². The number of H-pyrrole nitrogens is 1. The Balaban J connectivity index is 1.95. The lowest BCUT2D eigenvalue weighted by molar-refractivity contribution is -0.118. The number of nitrogen functional groups attached to an aromatic ring is 1. The summed E-state index contributed by atoms with van der Waals surface area (Å²) in [6, 6.07) is 19.5. The van der Waals surface area contributed by atoms with E-state index in [9.17, 15) is 14.4 Å². The van der Waals surface area contributed by atoms with Crippen molar-refractivity contribution in [3.8, 4) is 0 Å². The van der Waals surface area contributed by atoms with Crippen LogP contribution in [0.25, 0.3) is 0 Å². The minimum atomic E-state index is -0.663. The van der Waals surface area contributed by atoms with Crippen LogP contribution in [-0.4, -0.2) is 28.5 Å². The van der Waals surface area contributed by atoms with Gasteiger partial charge < -0.3 is 10.6 Å². The predicted octanol–water partition coefficient (Wildman–Crippen LogP) is 3.14. The van der Waals surface area contributed by atoms with Gasteiger partial charge >= 0.3 is 5.69 Å². The van der Waals surface area contributed by atoms with Gasteiger partial charge in [-0.1, -0.05) is 88.4 Å². The van der Waals surface area contributed by atoms with Gasteiger partial charge in [-0.15, -0.1) is 0 Å². The number of nitrogens with one attached hydrogen (secondary N) is 2. The van der Waals surface area contributed by atoms with E-state index in [1.54, 1.807) is 0 Å². The number of nitrogens with two attached hydrogens (primary N) is 1. The molecule has 1 aromatic heterocycles. The Labute approximate surface area is 205 Å². The summed E-state index contributed by atoms with van der Waals surface area (Å²) in [7, 11) is 0. The Hall–Kier alpha value is -3.65. The highest BCUT2D eigenvalue weighted by Gasteiger charge is 2.26. The summed E-state index contributed by atoms with van der Waals surface area (Å²) in [6.45, 7) is 8.41. The first-order chi connectivity index (χ1) is 16.7. The van der Waals surface area contributed by atoms with Gasteiger partial charge in [-0.05, 0) is 23.0 Å². The highest BCUT2D eigenvalue weighted by molar-refractivity contribution is 5.97. The first-order valence-corrected chi connectivity index (χ1v) is 11.9. The molecule has 0 fully saturated rings. The van der Waals surface area contributed by atoms with Gasteiger partial charge in [-0.2, -0.15) is 0 Å². The van der Waals surface area contributed by atoms with E-state index in [1.807, 2.05) is 88.4 Å². The second-order valence-electron chi connectivity index (χ2n) is 9.53. The van der Waals surface area contributed by atoms with Gasteiger partial charge in [0.15, 0.2) is 5.69 Å². The van der Waals surface area contributed by atoms with Crippen LogP contribution in [0.2, 0.25) is 0 Å². The normalized spacial score (nSPS) is 11.4. The summed E-state index contributed by atoms with van der Waals surface area (Å²) in [4.78, 5) is 42.5. The lowest BCUT2D eigenvalue weighted by atomic mass is 9.99. The molecule has 8 heteroatoms. The van der Waals surface area contributed by atoms with Gasteiger partial charge in [-0.25, -0.2) is 4.79 Å². The number of hydrogen-bond acceptors (Lipinski definition) is 5. The van der Waals surface area contributed by atoms with Crippen LogP contribution in [-0.2, 0) is 11.3 Å². The van der Waals surface area contributed by atoms with Gasteiger partial charge in [0, 0.05) is 13.1 Å². The maximum atomic E-state index is 13.5. The van der Waals surface area contributed by atoms with Crippen LogP contribution in [0.1, 0.15) is 44.9 Å². The topological polar surface area (TPSA) is 113 Å². The first kappa shape index (κ1) is 26.0. The monoisotopic (exact) mass is 477 g/mol. The molecule has 0 aliphatic carbocycles. The molecule has 0 unspecified atom stereocenters. The highest BCUT2D eigenvalue weighted by atomic mass is 16.2. The van der Waals surface area contributed by atoms with Crippen LogP contribution in [0.5, 0.6) is 0 Å². The number of aromatic nitrogens is 2. The molecule has 1 amide bonds. The molecule has 0 saturated carbocycles. The number of benzene rings is 2. The van der Waals surface area contributed by atoms with E-state index in [0.29, 0.717) is 6.54 Å². The summed E-state index contributed by atoms with van der Waals surface area (Å²) in [6.07, 6.45) is 0. The van der Waals surface area contributed by atoms with E-state index in [-0.39, 0.29) is 48.4 Å². The van der Waals surface area contributed by atoms with Crippen LogP contribution >= 0.6 is 0 Å². The molecule has 0 saturated heterocycles. The molecule has 4 N–H and O–H groups in total. The van der Waals surface area contributed by atoms with Crippen molar-refractivity contribution in [2.45, 2.75) is 40.3 Å². The Morgan fingerprint density at radius 3 is 1.97 bits per heavy atom. The SMILES string of the molecule is CC(C)CN(C(=O)CNC(c1ccccc1)c1ccccc1)c1c(N)n(CC(C)C)c(=O)[nH]c1=O. The molecule has 3 rings (SSSR count). The average Bonchev–Trinajstić information content (AvgIpc) is 2.82. The van der Waals surface area contributed by atoms with Crippen molar-refractivity contribution >= 4 is 17.4 Å². The highest BCUT2D eigenvalue weighted by Crippen LogP contribution is 2.23. The molecular weight excluding hydrogens is 442 g/mol. The number of nitrogens with zero attached hydrogens (tertiary/aromatic N) is 2. The van der Waals surface area contributed by atoms with E-state index >= 15 is 0 Å². The van der Waals surface area contributed by atoms with Gasteiger partial charge in [0.25, 0.3) is 5.56 Å². The Bertz CT molecular complexity index is 1190. The molecule has 3 aromatic rings. The van der Waals surface area contributed by atoms with Crippen molar-refractivity contribution in [1.29, 1.82) is 0 Å². The van der Waals surface area contributed by atoms with Crippen LogP contribution in [0, 0.1) is 11.8 Å².